The molecule has 4 aliphatic rings. The number of nitrogens with zero attached hydrogens (tertiary/aromatic N) is 5. The molecule has 3 aliphatic carbocycles. The first kappa shape index (κ1) is 27.8. The molecule has 8 nitrogen and oxygen atoms in total. The van der Waals surface area contributed by atoms with E-state index in [0.29, 0.717) is 34.8 Å². The van der Waals surface area contributed by atoms with E-state index in [0.717, 1.165) is 65.8 Å². The molecule has 3 saturated carbocycles. The normalized spacial score (nSPS) is 26.1. The summed E-state index contributed by atoms with van der Waals surface area (Å²) in [5.74, 6) is 2.01. The van der Waals surface area contributed by atoms with Crippen LogP contribution < -0.4 is 10.6 Å². The molecule has 222 valence electrons. The van der Waals surface area contributed by atoms with Crippen LogP contribution in [0.5, 0.6) is 0 Å². The van der Waals surface area contributed by atoms with E-state index in [1.165, 1.54) is 18.6 Å². The van der Waals surface area contributed by atoms with E-state index < -0.39 is 0 Å². The summed E-state index contributed by atoms with van der Waals surface area (Å²) < 4.78 is 1.88. The molecule has 1 aliphatic heterocycles. The van der Waals surface area contributed by atoms with Gasteiger partial charge in [-0.05, 0) is 93.9 Å². The molecule has 1 amide bonds. The summed E-state index contributed by atoms with van der Waals surface area (Å²) in [7, 11) is 0. The van der Waals surface area contributed by atoms with E-state index in [9.17, 15) is 10.1 Å². The Morgan fingerprint density at radius 1 is 1.07 bits per heavy atom. The number of anilines is 1. The summed E-state index contributed by atoms with van der Waals surface area (Å²) in [6.45, 7) is 8.81. The van der Waals surface area contributed by atoms with Gasteiger partial charge in [-0.25, -0.2) is 4.52 Å². The van der Waals surface area contributed by atoms with E-state index in [4.69, 9.17) is 10.2 Å². The Morgan fingerprint density at radius 2 is 1.84 bits per heavy atom. The summed E-state index contributed by atoms with van der Waals surface area (Å²) in [5.41, 5.74) is 8.12. The average molecular weight is 576 g/mol. The third-order valence-electron chi connectivity index (χ3n) is 10.2. The molecular weight excluding hydrogens is 534 g/mol. The first-order valence-electron chi connectivity index (χ1n) is 15.9. The molecule has 7 rings (SSSR count). The second-order valence-electron chi connectivity index (χ2n) is 14.4. The maximum Gasteiger partial charge on any atom is 0.223 e. The molecule has 0 saturated heterocycles. The third kappa shape index (κ3) is 5.24. The van der Waals surface area contributed by atoms with Crippen molar-refractivity contribution in [3.63, 3.8) is 0 Å². The maximum absolute atomic E-state index is 13.0. The number of nitriles is 1. The smallest absolute Gasteiger partial charge is 0.223 e. The number of fused-ring (bicyclic) bond motifs is 3. The van der Waals surface area contributed by atoms with Crippen molar-refractivity contribution in [3.8, 4) is 17.3 Å². The zero-order chi connectivity index (χ0) is 29.9. The molecule has 1 aromatic carbocycles. The number of carbonyl (C=O) groups excluding carboxylic acids is 1. The highest BCUT2D eigenvalue weighted by molar-refractivity contribution is 6.18. The van der Waals surface area contributed by atoms with Crippen LogP contribution in [0.2, 0.25) is 0 Å². The van der Waals surface area contributed by atoms with Crippen molar-refractivity contribution in [2.75, 3.05) is 5.32 Å². The van der Waals surface area contributed by atoms with E-state index in [1.807, 2.05) is 22.7 Å². The molecule has 2 unspecified atom stereocenters. The van der Waals surface area contributed by atoms with Crippen molar-refractivity contribution in [2.45, 2.75) is 84.7 Å². The van der Waals surface area contributed by atoms with Gasteiger partial charge in [0.05, 0.1) is 28.7 Å². The van der Waals surface area contributed by atoms with E-state index in [2.05, 4.69) is 67.7 Å². The van der Waals surface area contributed by atoms with Gasteiger partial charge in [0.1, 0.15) is 6.07 Å². The largest absolute Gasteiger partial charge is 0.382 e. The fraction of sp³-hybridized carbons (Fsp3) is 0.514. The predicted octanol–water partition coefficient (Wildman–Crippen LogP) is 6.60. The summed E-state index contributed by atoms with van der Waals surface area (Å²) in [6, 6.07) is 15.1. The number of amides is 1. The third-order valence-corrected chi connectivity index (χ3v) is 10.2. The van der Waals surface area contributed by atoms with Gasteiger partial charge in [0.2, 0.25) is 5.91 Å². The second-order valence-corrected chi connectivity index (χ2v) is 14.4. The predicted molar refractivity (Wildman–Crippen MR) is 170 cm³/mol. The zero-order valence-corrected chi connectivity index (χ0v) is 25.6. The zero-order valence-electron chi connectivity index (χ0n) is 25.6. The lowest BCUT2D eigenvalue weighted by Crippen LogP contribution is -2.51. The maximum atomic E-state index is 13.0. The SMILES string of the molecule is CC(C)Nc1cc(-c2ccc3cc(C#N)cnn23)ccc1C1=NN=C(C2C[C@H]3CC[C@@H](C2)C3NC(=O)C2CC(C)(C)C2)C1. The molecule has 3 fully saturated rings. The fourth-order valence-corrected chi connectivity index (χ4v) is 8.18. The molecule has 0 spiro atoms. The number of carbonyl (C=O) groups is 1. The van der Waals surface area contributed by atoms with Crippen molar-refractivity contribution in [1.82, 2.24) is 14.9 Å². The Kier molecular flexibility index (Phi) is 6.87. The highest BCUT2D eigenvalue weighted by Gasteiger charge is 2.47. The first-order valence-corrected chi connectivity index (χ1v) is 15.9. The second kappa shape index (κ2) is 10.6. The van der Waals surface area contributed by atoms with Crippen LogP contribution in [0, 0.1) is 40.4 Å². The lowest BCUT2D eigenvalue weighted by Gasteiger charge is -2.43. The Bertz CT molecular complexity index is 1670. The minimum Gasteiger partial charge on any atom is -0.382 e. The molecular formula is C35H41N7O. The van der Waals surface area contributed by atoms with Crippen molar-refractivity contribution in [2.24, 2.45) is 39.3 Å². The van der Waals surface area contributed by atoms with Crippen LogP contribution in [-0.2, 0) is 4.79 Å². The van der Waals surface area contributed by atoms with Gasteiger partial charge >= 0.3 is 0 Å². The molecule has 8 heteroatoms. The lowest BCUT2D eigenvalue weighted by molar-refractivity contribution is -0.133. The number of hydrogen-bond donors (Lipinski definition) is 2. The van der Waals surface area contributed by atoms with Gasteiger partial charge in [0.15, 0.2) is 0 Å². The van der Waals surface area contributed by atoms with E-state index in [1.54, 1.807) is 6.20 Å². The van der Waals surface area contributed by atoms with Gasteiger partial charge in [0.25, 0.3) is 0 Å². The van der Waals surface area contributed by atoms with Gasteiger partial charge in [-0.15, -0.1) is 0 Å². The monoisotopic (exact) mass is 575 g/mol. The van der Waals surface area contributed by atoms with Crippen molar-refractivity contribution in [1.29, 1.82) is 5.26 Å². The highest BCUT2D eigenvalue weighted by atomic mass is 16.2. The van der Waals surface area contributed by atoms with Gasteiger partial charge in [-0.1, -0.05) is 26.0 Å². The molecule has 3 aromatic rings. The van der Waals surface area contributed by atoms with E-state index in [-0.39, 0.29) is 17.9 Å². The summed E-state index contributed by atoms with van der Waals surface area (Å²) in [4.78, 5) is 13.0. The number of aromatic nitrogens is 2. The van der Waals surface area contributed by atoms with Gasteiger partial charge in [-0.3, -0.25) is 4.79 Å². The molecule has 2 N–H and O–H groups in total. The molecule has 3 heterocycles. The van der Waals surface area contributed by atoms with Crippen molar-refractivity contribution < 1.29 is 4.79 Å². The van der Waals surface area contributed by atoms with Gasteiger partial charge in [-0.2, -0.15) is 20.6 Å². The lowest BCUT2D eigenvalue weighted by atomic mass is 9.64. The minimum absolute atomic E-state index is 0.200. The van der Waals surface area contributed by atoms with Crippen LogP contribution in [0.4, 0.5) is 5.69 Å². The number of nitrogens with one attached hydrogen (secondary N) is 2. The van der Waals surface area contributed by atoms with Crippen LogP contribution in [0.25, 0.3) is 16.8 Å². The van der Waals surface area contributed by atoms with Crippen LogP contribution in [-0.4, -0.2) is 39.0 Å². The number of rotatable bonds is 7. The quantitative estimate of drug-likeness (QED) is 0.331. The number of benzene rings is 1. The summed E-state index contributed by atoms with van der Waals surface area (Å²) >= 11 is 0. The molecule has 4 atom stereocenters. The fourth-order valence-electron chi connectivity index (χ4n) is 8.18. The highest BCUT2D eigenvalue weighted by Crippen LogP contribution is 2.48. The molecule has 2 bridgehead atoms. The topological polar surface area (TPSA) is 107 Å². The van der Waals surface area contributed by atoms with Crippen molar-refractivity contribution in [3.05, 3.63) is 53.7 Å². The summed E-state index contributed by atoms with van der Waals surface area (Å²) in [5, 5.41) is 30.4. The van der Waals surface area contributed by atoms with Crippen LogP contribution >= 0.6 is 0 Å². The molecule has 2 aromatic heterocycles. The molecule has 0 radical (unpaired) electrons. The summed E-state index contributed by atoms with van der Waals surface area (Å²) in [6.07, 6.45) is 9.00. The Balaban J connectivity index is 1.05. The standard InChI is InChI=1S/C35H41N7O/c1-20(2)38-30-14-22(32-10-8-27-11-21(18-36)19-37-42(27)32)7-9-28(30)31-15-29(40-41-31)25-12-23-5-6-24(13-25)33(23)39-34(43)26-16-35(3,4)17-26/h7-11,14,19-20,23-26,33,38H,5-6,12-13,15-17H2,1-4H3,(H,39,43)/t23-,24+,25?,33?. The Morgan fingerprint density at radius 3 is 2.53 bits per heavy atom. The van der Waals surface area contributed by atoms with Crippen LogP contribution in [0.15, 0.2) is 52.8 Å². The van der Waals surface area contributed by atoms with Crippen molar-refractivity contribution >= 4 is 28.5 Å². The Hall–Kier alpha value is -3.99. The first-order chi connectivity index (χ1) is 20.7. The minimum atomic E-state index is 0.200. The average Bonchev–Trinajstić information content (AvgIpc) is 3.67. The number of hydrogen-bond acceptors (Lipinski definition) is 6. The van der Waals surface area contributed by atoms with Crippen LogP contribution in [0.3, 0.4) is 0 Å². The Labute approximate surface area is 253 Å². The van der Waals surface area contributed by atoms with Gasteiger partial charge < -0.3 is 10.6 Å². The van der Waals surface area contributed by atoms with Gasteiger partial charge in [0, 0.05) is 52.9 Å². The molecule has 43 heavy (non-hydrogen) atoms. The van der Waals surface area contributed by atoms with Crippen LogP contribution in [0.1, 0.15) is 83.8 Å². The van der Waals surface area contributed by atoms with E-state index >= 15 is 0 Å².